The molecule has 0 atom stereocenters. The molecule has 1 fully saturated rings. The lowest BCUT2D eigenvalue weighted by molar-refractivity contribution is -0.118. The Morgan fingerprint density at radius 3 is 2.45 bits per heavy atom. The van der Waals surface area contributed by atoms with Crippen LogP contribution in [0.5, 0.6) is 11.5 Å². The zero-order chi connectivity index (χ0) is 21.6. The summed E-state index contributed by atoms with van der Waals surface area (Å²) in [6.07, 6.45) is 1.46. The Hall–Kier alpha value is -3.43. The Morgan fingerprint density at radius 2 is 1.74 bits per heavy atom. The highest BCUT2D eigenvalue weighted by atomic mass is 32.2. The zero-order valence-electron chi connectivity index (χ0n) is 16.2. The van der Waals surface area contributed by atoms with Crippen molar-refractivity contribution in [1.82, 2.24) is 4.98 Å². The molecule has 9 heteroatoms. The van der Waals surface area contributed by atoms with E-state index in [0.717, 1.165) is 18.4 Å². The van der Waals surface area contributed by atoms with Gasteiger partial charge in [-0.15, -0.1) is 0 Å². The summed E-state index contributed by atoms with van der Waals surface area (Å²) in [5.74, 6) is 1.57. The second-order valence-electron chi connectivity index (χ2n) is 7.51. The van der Waals surface area contributed by atoms with E-state index < -0.39 is 15.5 Å². The summed E-state index contributed by atoms with van der Waals surface area (Å²) in [5, 5.41) is 2.90. The highest BCUT2D eigenvalue weighted by molar-refractivity contribution is 7.85. The van der Waals surface area contributed by atoms with E-state index in [2.05, 4.69) is 10.3 Å². The molecular weight excluding hydrogens is 420 g/mol. The Kier molecular flexibility index (Phi) is 4.45. The first-order valence-corrected chi connectivity index (χ1v) is 11.1. The fourth-order valence-electron chi connectivity index (χ4n) is 3.66. The van der Waals surface area contributed by atoms with Crippen molar-refractivity contribution in [3.05, 3.63) is 66.2 Å². The van der Waals surface area contributed by atoms with Crippen molar-refractivity contribution >= 4 is 21.8 Å². The quantitative estimate of drug-likeness (QED) is 0.587. The molecule has 0 bridgehead atoms. The lowest BCUT2D eigenvalue weighted by Gasteiger charge is -2.16. The molecule has 2 N–H and O–H groups in total. The molecule has 1 aliphatic carbocycles. The third-order valence-corrected chi connectivity index (χ3v) is 6.42. The molecule has 1 saturated carbocycles. The number of benzene rings is 2. The molecule has 8 nitrogen and oxygen atoms in total. The Morgan fingerprint density at radius 1 is 1.00 bits per heavy atom. The van der Waals surface area contributed by atoms with E-state index in [-0.39, 0.29) is 17.6 Å². The van der Waals surface area contributed by atoms with Crippen LogP contribution in [0, 0.1) is 0 Å². The molecule has 1 aromatic heterocycles. The lowest BCUT2D eigenvalue weighted by Crippen LogP contribution is -2.28. The molecule has 2 heterocycles. The number of carbonyl (C=O) groups is 1. The fraction of sp³-hybridized carbons (Fsp3) is 0.182. The maximum Gasteiger partial charge on any atom is 0.294 e. The molecule has 1 aliphatic heterocycles. The molecule has 2 aromatic carbocycles. The summed E-state index contributed by atoms with van der Waals surface area (Å²) in [7, 11) is -4.26. The maximum absolute atomic E-state index is 13.1. The minimum atomic E-state index is -4.26. The minimum Gasteiger partial charge on any atom is -0.454 e. The summed E-state index contributed by atoms with van der Waals surface area (Å²) in [4.78, 5) is 17.4. The van der Waals surface area contributed by atoms with Crippen LogP contribution >= 0.6 is 0 Å². The van der Waals surface area contributed by atoms with Crippen LogP contribution in [0.2, 0.25) is 0 Å². The van der Waals surface area contributed by atoms with Crippen molar-refractivity contribution in [2.75, 3.05) is 12.1 Å². The van der Waals surface area contributed by atoms with Gasteiger partial charge < -0.3 is 14.8 Å². The molecule has 0 radical (unpaired) electrons. The first-order chi connectivity index (χ1) is 14.8. The van der Waals surface area contributed by atoms with Crippen molar-refractivity contribution in [2.24, 2.45) is 0 Å². The average molecular weight is 438 g/mol. The van der Waals surface area contributed by atoms with Crippen molar-refractivity contribution in [3.8, 4) is 22.8 Å². The number of fused-ring (bicyclic) bond motifs is 1. The van der Waals surface area contributed by atoms with Gasteiger partial charge in [-0.3, -0.25) is 9.35 Å². The van der Waals surface area contributed by atoms with Gasteiger partial charge in [-0.1, -0.05) is 24.3 Å². The van der Waals surface area contributed by atoms with E-state index in [9.17, 15) is 13.2 Å². The summed E-state index contributed by atoms with van der Waals surface area (Å²) >= 11 is 0. The third-order valence-electron chi connectivity index (χ3n) is 5.55. The molecule has 31 heavy (non-hydrogen) atoms. The molecule has 3 aromatic rings. The topological polar surface area (TPSA) is 115 Å². The summed E-state index contributed by atoms with van der Waals surface area (Å²) in [6, 6.07) is 16.5. The van der Waals surface area contributed by atoms with Gasteiger partial charge in [0.1, 0.15) is 5.82 Å². The van der Waals surface area contributed by atoms with Crippen molar-refractivity contribution < 1.29 is 27.2 Å². The minimum absolute atomic E-state index is 0.141. The van der Waals surface area contributed by atoms with Crippen molar-refractivity contribution in [1.29, 1.82) is 0 Å². The number of nitrogens with one attached hydrogen (secondary N) is 1. The van der Waals surface area contributed by atoms with Crippen LogP contribution < -0.4 is 14.8 Å². The number of hydrogen-bond acceptors (Lipinski definition) is 6. The summed E-state index contributed by atoms with van der Waals surface area (Å²) in [5.41, 5.74) is 1.48. The first kappa shape index (κ1) is 19.5. The second-order valence-corrected chi connectivity index (χ2v) is 8.93. The lowest BCUT2D eigenvalue weighted by atomic mass is 9.94. The van der Waals surface area contributed by atoms with E-state index in [1.54, 1.807) is 30.3 Å². The van der Waals surface area contributed by atoms with Crippen LogP contribution in [-0.4, -0.2) is 30.7 Å². The second kappa shape index (κ2) is 7.07. The zero-order valence-corrected chi connectivity index (χ0v) is 17.1. The molecule has 0 unspecified atom stereocenters. The molecule has 158 valence electrons. The molecule has 0 spiro atoms. The summed E-state index contributed by atoms with van der Waals surface area (Å²) < 4.78 is 42.3. The van der Waals surface area contributed by atoms with Crippen LogP contribution in [0.15, 0.2) is 65.6 Å². The van der Waals surface area contributed by atoms with E-state index in [0.29, 0.717) is 28.6 Å². The Labute approximate surface area is 178 Å². The number of amides is 1. The van der Waals surface area contributed by atoms with Crippen molar-refractivity contribution in [3.63, 3.8) is 0 Å². The van der Waals surface area contributed by atoms with Gasteiger partial charge in [0.2, 0.25) is 12.7 Å². The van der Waals surface area contributed by atoms with Crippen LogP contribution in [0.1, 0.15) is 18.4 Å². The SMILES string of the molecule is O=C(Nc1cccc(-c2ccc(S(=O)(=O)O)cc2)n1)C1(c2ccc3c(c2)OCO3)CC1. The number of hydrogen-bond donors (Lipinski definition) is 2. The Bertz CT molecular complexity index is 1280. The number of rotatable bonds is 5. The van der Waals surface area contributed by atoms with E-state index in [4.69, 9.17) is 14.0 Å². The van der Waals surface area contributed by atoms with Gasteiger partial charge in [0.05, 0.1) is 16.0 Å². The molecule has 2 aliphatic rings. The standard InChI is InChI=1S/C22H18N2O6S/c25-21(22(10-11-22)15-6-9-18-19(12-15)30-13-29-18)24-20-3-1-2-17(23-20)14-4-7-16(8-5-14)31(26,27)28/h1-9,12H,10-11,13H2,(H,23,24,25)(H,26,27,28). The van der Waals surface area contributed by atoms with Gasteiger partial charge in [-0.05, 0) is 54.8 Å². The van der Waals surface area contributed by atoms with Gasteiger partial charge in [0.15, 0.2) is 11.5 Å². The van der Waals surface area contributed by atoms with Gasteiger partial charge in [0.25, 0.3) is 10.1 Å². The van der Waals surface area contributed by atoms with Crippen LogP contribution in [0.4, 0.5) is 5.82 Å². The van der Waals surface area contributed by atoms with Gasteiger partial charge in [0, 0.05) is 5.56 Å². The van der Waals surface area contributed by atoms with Crippen molar-refractivity contribution in [2.45, 2.75) is 23.2 Å². The summed E-state index contributed by atoms with van der Waals surface area (Å²) in [6.45, 7) is 0.180. The molecular formula is C22H18N2O6S. The normalized spacial score (nSPS) is 16.0. The van der Waals surface area contributed by atoms with Crippen LogP contribution in [0.3, 0.4) is 0 Å². The monoisotopic (exact) mass is 438 g/mol. The molecule has 0 saturated heterocycles. The average Bonchev–Trinajstić information content (AvgIpc) is 3.44. The molecule has 5 rings (SSSR count). The predicted octanol–water partition coefficient (Wildman–Crippen LogP) is 3.39. The fourth-order valence-corrected chi connectivity index (χ4v) is 4.14. The number of anilines is 1. The number of aromatic nitrogens is 1. The third kappa shape index (κ3) is 3.62. The largest absolute Gasteiger partial charge is 0.454 e. The van der Waals surface area contributed by atoms with Crippen LogP contribution in [-0.2, 0) is 20.3 Å². The smallest absolute Gasteiger partial charge is 0.294 e. The van der Waals surface area contributed by atoms with Crippen LogP contribution in [0.25, 0.3) is 11.3 Å². The predicted molar refractivity (Wildman–Crippen MR) is 112 cm³/mol. The van der Waals surface area contributed by atoms with Gasteiger partial charge in [-0.25, -0.2) is 4.98 Å². The first-order valence-electron chi connectivity index (χ1n) is 9.62. The number of nitrogens with zero attached hydrogens (tertiary/aromatic N) is 1. The highest BCUT2D eigenvalue weighted by Crippen LogP contribution is 2.51. The Balaban J connectivity index is 1.37. The molecule has 1 amide bonds. The maximum atomic E-state index is 13.1. The van der Waals surface area contributed by atoms with E-state index in [1.165, 1.54) is 12.1 Å². The van der Waals surface area contributed by atoms with E-state index in [1.807, 2.05) is 18.2 Å². The number of carbonyl (C=O) groups excluding carboxylic acids is 1. The van der Waals surface area contributed by atoms with E-state index >= 15 is 0 Å². The van der Waals surface area contributed by atoms with Gasteiger partial charge >= 0.3 is 0 Å². The highest BCUT2D eigenvalue weighted by Gasteiger charge is 2.51. The number of pyridine rings is 1. The van der Waals surface area contributed by atoms with Gasteiger partial charge in [-0.2, -0.15) is 8.42 Å². The number of ether oxygens (including phenoxy) is 2.